The van der Waals surface area contributed by atoms with Gasteiger partial charge in [-0.1, -0.05) is 0 Å². The number of carbonyl (C=O) groups excluding carboxylic acids is 1. The Morgan fingerprint density at radius 3 is 3.17 bits per heavy atom. The highest BCUT2D eigenvalue weighted by molar-refractivity contribution is 8.00. The standard InChI is InChI=1S/C12H16FN3OS/c1-14-11-10(13)9(4-5-15-11)12(17)16-7-8-3-2-6-18-8/h4-5,8H,2-3,6-7H2,1H3,(H,14,15)(H,16,17). The van der Waals surface area contributed by atoms with Crippen LogP contribution in [0.25, 0.3) is 0 Å². The molecule has 6 heteroatoms. The summed E-state index contributed by atoms with van der Waals surface area (Å²) < 4.78 is 13.8. The van der Waals surface area contributed by atoms with Crippen LogP contribution in [-0.4, -0.2) is 35.5 Å². The van der Waals surface area contributed by atoms with Gasteiger partial charge in [0, 0.05) is 25.0 Å². The van der Waals surface area contributed by atoms with Gasteiger partial charge in [0.25, 0.3) is 5.91 Å². The van der Waals surface area contributed by atoms with E-state index in [4.69, 9.17) is 0 Å². The van der Waals surface area contributed by atoms with Gasteiger partial charge in [0.2, 0.25) is 0 Å². The van der Waals surface area contributed by atoms with Crippen molar-refractivity contribution in [3.63, 3.8) is 0 Å². The Morgan fingerprint density at radius 1 is 1.67 bits per heavy atom. The van der Waals surface area contributed by atoms with Gasteiger partial charge in [0.1, 0.15) is 0 Å². The topological polar surface area (TPSA) is 54.0 Å². The fraction of sp³-hybridized carbons (Fsp3) is 0.500. The van der Waals surface area contributed by atoms with E-state index in [0.717, 1.165) is 12.2 Å². The average Bonchev–Trinajstić information content (AvgIpc) is 2.89. The summed E-state index contributed by atoms with van der Waals surface area (Å²) in [5, 5.41) is 5.86. The molecular formula is C12H16FN3OS. The smallest absolute Gasteiger partial charge is 0.254 e. The van der Waals surface area contributed by atoms with Gasteiger partial charge in [0.05, 0.1) is 5.56 Å². The van der Waals surface area contributed by atoms with Crippen molar-refractivity contribution in [2.45, 2.75) is 18.1 Å². The zero-order chi connectivity index (χ0) is 13.0. The number of nitrogens with one attached hydrogen (secondary N) is 2. The highest BCUT2D eigenvalue weighted by atomic mass is 32.2. The fourth-order valence-electron chi connectivity index (χ4n) is 1.90. The maximum absolute atomic E-state index is 13.8. The summed E-state index contributed by atoms with van der Waals surface area (Å²) in [6, 6.07) is 1.40. The summed E-state index contributed by atoms with van der Waals surface area (Å²) in [5.74, 6) is 0.266. The van der Waals surface area contributed by atoms with E-state index in [0.29, 0.717) is 11.8 Å². The number of amides is 1. The van der Waals surface area contributed by atoms with Crippen LogP contribution in [0.2, 0.25) is 0 Å². The number of carbonyl (C=O) groups is 1. The van der Waals surface area contributed by atoms with Gasteiger partial charge in [-0.3, -0.25) is 4.79 Å². The molecule has 1 aliphatic rings. The molecule has 0 saturated carbocycles. The summed E-state index contributed by atoms with van der Waals surface area (Å²) in [7, 11) is 1.57. The van der Waals surface area contributed by atoms with E-state index in [1.807, 2.05) is 11.8 Å². The van der Waals surface area contributed by atoms with Crippen LogP contribution in [0.4, 0.5) is 10.2 Å². The van der Waals surface area contributed by atoms with Crippen LogP contribution >= 0.6 is 11.8 Å². The first kappa shape index (κ1) is 13.1. The van der Waals surface area contributed by atoms with Gasteiger partial charge in [-0.2, -0.15) is 11.8 Å². The number of thioether (sulfide) groups is 1. The number of anilines is 1. The third-order valence-electron chi connectivity index (χ3n) is 2.88. The number of rotatable bonds is 4. The van der Waals surface area contributed by atoms with Crippen molar-refractivity contribution in [3.8, 4) is 0 Å². The number of nitrogens with zero attached hydrogens (tertiary/aromatic N) is 1. The first-order valence-electron chi connectivity index (χ1n) is 5.94. The van der Waals surface area contributed by atoms with E-state index in [2.05, 4.69) is 15.6 Å². The Balaban J connectivity index is 1.99. The molecule has 0 bridgehead atoms. The lowest BCUT2D eigenvalue weighted by Crippen LogP contribution is -2.30. The van der Waals surface area contributed by atoms with Crippen molar-refractivity contribution in [2.75, 3.05) is 24.7 Å². The van der Waals surface area contributed by atoms with E-state index >= 15 is 0 Å². The Kier molecular flexibility index (Phi) is 4.41. The van der Waals surface area contributed by atoms with Gasteiger partial charge >= 0.3 is 0 Å². The largest absolute Gasteiger partial charge is 0.371 e. The lowest BCUT2D eigenvalue weighted by molar-refractivity contribution is 0.0949. The molecule has 1 aromatic heterocycles. The van der Waals surface area contributed by atoms with E-state index in [1.54, 1.807) is 7.05 Å². The molecule has 2 N–H and O–H groups in total. The van der Waals surface area contributed by atoms with Gasteiger partial charge < -0.3 is 10.6 Å². The first-order valence-corrected chi connectivity index (χ1v) is 6.99. The monoisotopic (exact) mass is 269 g/mol. The second kappa shape index (κ2) is 6.04. The Hall–Kier alpha value is -1.30. The lowest BCUT2D eigenvalue weighted by atomic mass is 10.2. The average molecular weight is 269 g/mol. The maximum atomic E-state index is 13.8. The Labute approximate surface area is 110 Å². The molecule has 1 atom stereocenters. The third kappa shape index (κ3) is 2.93. The molecule has 0 radical (unpaired) electrons. The van der Waals surface area contributed by atoms with Crippen LogP contribution in [0.15, 0.2) is 12.3 Å². The van der Waals surface area contributed by atoms with Crippen LogP contribution in [0.5, 0.6) is 0 Å². The normalized spacial score (nSPS) is 18.7. The van der Waals surface area contributed by atoms with Crippen molar-refractivity contribution in [2.24, 2.45) is 0 Å². The SMILES string of the molecule is CNc1nccc(C(=O)NCC2CCCS2)c1F. The molecule has 2 rings (SSSR count). The summed E-state index contributed by atoms with van der Waals surface area (Å²) in [6.07, 6.45) is 3.73. The minimum absolute atomic E-state index is 0.0392. The zero-order valence-corrected chi connectivity index (χ0v) is 11.0. The molecule has 0 spiro atoms. The molecule has 1 aromatic rings. The van der Waals surface area contributed by atoms with Crippen molar-refractivity contribution in [1.82, 2.24) is 10.3 Å². The van der Waals surface area contributed by atoms with E-state index < -0.39 is 5.82 Å². The summed E-state index contributed by atoms with van der Waals surface area (Å²) in [4.78, 5) is 15.7. The van der Waals surface area contributed by atoms with Crippen LogP contribution < -0.4 is 10.6 Å². The van der Waals surface area contributed by atoms with Gasteiger partial charge in [-0.25, -0.2) is 9.37 Å². The Bertz CT molecular complexity index is 435. The summed E-state index contributed by atoms with van der Waals surface area (Å²) in [5.41, 5.74) is 0.0392. The molecule has 18 heavy (non-hydrogen) atoms. The van der Waals surface area contributed by atoms with E-state index in [1.165, 1.54) is 18.7 Å². The van der Waals surface area contributed by atoms with Gasteiger partial charge in [-0.15, -0.1) is 0 Å². The molecule has 98 valence electrons. The molecule has 0 aliphatic carbocycles. The molecule has 1 unspecified atom stereocenters. The molecule has 4 nitrogen and oxygen atoms in total. The number of halogens is 1. The van der Waals surface area contributed by atoms with Crippen molar-refractivity contribution < 1.29 is 9.18 Å². The van der Waals surface area contributed by atoms with Crippen LogP contribution in [-0.2, 0) is 0 Å². The second-order valence-corrected chi connectivity index (χ2v) is 5.52. The van der Waals surface area contributed by atoms with E-state index in [-0.39, 0.29) is 17.3 Å². The predicted molar refractivity (Wildman–Crippen MR) is 71.6 cm³/mol. The summed E-state index contributed by atoms with van der Waals surface area (Å²) >= 11 is 1.86. The fourth-order valence-corrected chi connectivity index (χ4v) is 3.10. The molecule has 0 aromatic carbocycles. The highest BCUT2D eigenvalue weighted by Crippen LogP contribution is 2.25. The highest BCUT2D eigenvalue weighted by Gasteiger charge is 2.19. The molecule has 1 aliphatic heterocycles. The minimum Gasteiger partial charge on any atom is -0.371 e. The number of hydrogen-bond acceptors (Lipinski definition) is 4. The zero-order valence-electron chi connectivity index (χ0n) is 10.2. The molecular weight excluding hydrogens is 253 g/mol. The van der Waals surface area contributed by atoms with Gasteiger partial charge in [0.15, 0.2) is 11.6 Å². The predicted octanol–water partition coefficient (Wildman–Crippen LogP) is 1.89. The van der Waals surface area contributed by atoms with Crippen molar-refractivity contribution >= 4 is 23.5 Å². The molecule has 1 fully saturated rings. The maximum Gasteiger partial charge on any atom is 0.254 e. The quantitative estimate of drug-likeness (QED) is 0.876. The van der Waals surface area contributed by atoms with Crippen molar-refractivity contribution in [3.05, 3.63) is 23.6 Å². The van der Waals surface area contributed by atoms with Crippen LogP contribution in [0, 0.1) is 5.82 Å². The van der Waals surface area contributed by atoms with Crippen molar-refractivity contribution in [1.29, 1.82) is 0 Å². The van der Waals surface area contributed by atoms with Crippen LogP contribution in [0.3, 0.4) is 0 Å². The molecule has 1 amide bonds. The lowest BCUT2D eigenvalue weighted by Gasteiger charge is -2.11. The summed E-state index contributed by atoms with van der Waals surface area (Å²) in [6.45, 7) is 0.597. The first-order chi connectivity index (χ1) is 8.72. The molecule has 2 heterocycles. The van der Waals surface area contributed by atoms with Crippen LogP contribution in [0.1, 0.15) is 23.2 Å². The minimum atomic E-state index is -0.600. The van der Waals surface area contributed by atoms with E-state index in [9.17, 15) is 9.18 Å². The Morgan fingerprint density at radius 2 is 2.50 bits per heavy atom. The number of pyridine rings is 1. The molecule has 1 saturated heterocycles. The third-order valence-corrected chi connectivity index (χ3v) is 4.28. The van der Waals surface area contributed by atoms with Gasteiger partial charge in [-0.05, 0) is 24.7 Å². The second-order valence-electron chi connectivity index (χ2n) is 4.12. The number of aromatic nitrogens is 1. The number of hydrogen-bond donors (Lipinski definition) is 2.